The van der Waals surface area contributed by atoms with Gasteiger partial charge in [0, 0.05) is 36.7 Å². The maximum absolute atomic E-state index is 5.87. The van der Waals surface area contributed by atoms with E-state index in [1.54, 1.807) is 0 Å². The van der Waals surface area contributed by atoms with Gasteiger partial charge in [-0.1, -0.05) is 30.9 Å². The summed E-state index contributed by atoms with van der Waals surface area (Å²) in [5, 5.41) is 8.87. The van der Waals surface area contributed by atoms with E-state index in [2.05, 4.69) is 66.2 Å². The van der Waals surface area contributed by atoms with Gasteiger partial charge in [0.05, 0.1) is 24.5 Å². The molecule has 5 rings (SSSR count). The highest BCUT2D eigenvalue weighted by atomic mass is 16.5. The largest absolute Gasteiger partial charge is 0.376 e. The van der Waals surface area contributed by atoms with Crippen LogP contribution in [-0.2, 0) is 11.3 Å². The zero-order chi connectivity index (χ0) is 20.7. The third-order valence-electron chi connectivity index (χ3n) is 6.39. The zero-order valence-electron chi connectivity index (χ0n) is 18.4. The summed E-state index contributed by atoms with van der Waals surface area (Å²) in [5.74, 6) is 7.54. The van der Waals surface area contributed by atoms with Crippen LogP contribution in [0.2, 0.25) is 0 Å². The van der Waals surface area contributed by atoms with Crippen molar-refractivity contribution in [3.05, 3.63) is 29.5 Å². The summed E-state index contributed by atoms with van der Waals surface area (Å²) in [7, 11) is 0. The highest BCUT2D eigenvalue weighted by Crippen LogP contribution is 2.38. The SMILES string of the molecule is Cc1cc(N2CC(C)(C)C2)c(C#CC2CC2)cc1-c1cn(C[C@H]2CCCCO2)nn1. The summed E-state index contributed by atoms with van der Waals surface area (Å²) < 4.78 is 7.80. The molecule has 3 aliphatic rings. The van der Waals surface area contributed by atoms with Gasteiger partial charge < -0.3 is 9.64 Å². The average molecular weight is 405 g/mol. The Kier molecular flexibility index (Phi) is 5.06. The van der Waals surface area contributed by atoms with Crippen LogP contribution in [0.15, 0.2) is 18.3 Å². The molecule has 30 heavy (non-hydrogen) atoms. The molecule has 1 atom stereocenters. The van der Waals surface area contributed by atoms with Gasteiger partial charge >= 0.3 is 0 Å². The Balaban J connectivity index is 1.42. The number of benzene rings is 1. The molecule has 2 aromatic rings. The molecule has 1 saturated carbocycles. The van der Waals surface area contributed by atoms with Gasteiger partial charge in [0.1, 0.15) is 5.69 Å². The van der Waals surface area contributed by atoms with E-state index < -0.39 is 0 Å². The van der Waals surface area contributed by atoms with Crippen LogP contribution in [0.1, 0.15) is 57.1 Å². The topological polar surface area (TPSA) is 43.2 Å². The number of nitrogens with zero attached hydrogens (tertiary/aromatic N) is 4. The van der Waals surface area contributed by atoms with Gasteiger partial charge in [-0.25, -0.2) is 4.68 Å². The quantitative estimate of drug-likeness (QED) is 0.707. The van der Waals surface area contributed by atoms with E-state index in [1.807, 2.05) is 4.68 Å². The van der Waals surface area contributed by atoms with Crippen molar-refractivity contribution in [1.29, 1.82) is 0 Å². The van der Waals surface area contributed by atoms with Crippen LogP contribution in [0.5, 0.6) is 0 Å². The summed E-state index contributed by atoms with van der Waals surface area (Å²) in [6.45, 7) is 10.6. The Bertz CT molecular complexity index is 978. The zero-order valence-corrected chi connectivity index (χ0v) is 18.4. The minimum atomic E-state index is 0.256. The van der Waals surface area contributed by atoms with E-state index in [0.717, 1.165) is 49.5 Å². The van der Waals surface area contributed by atoms with Crippen molar-refractivity contribution in [2.75, 3.05) is 24.6 Å². The first kappa shape index (κ1) is 19.6. The van der Waals surface area contributed by atoms with Crippen LogP contribution in [0, 0.1) is 30.1 Å². The van der Waals surface area contributed by atoms with Gasteiger partial charge in [-0.3, -0.25) is 0 Å². The monoisotopic (exact) mass is 404 g/mol. The Morgan fingerprint density at radius 3 is 2.70 bits per heavy atom. The predicted octanol–water partition coefficient (Wildman–Crippen LogP) is 4.43. The average Bonchev–Trinajstić information content (AvgIpc) is 3.43. The Hall–Kier alpha value is -2.32. The Morgan fingerprint density at radius 1 is 1.17 bits per heavy atom. The van der Waals surface area contributed by atoms with Crippen LogP contribution >= 0.6 is 0 Å². The number of aromatic nitrogens is 3. The van der Waals surface area contributed by atoms with Gasteiger partial charge in [-0.05, 0) is 62.1 Å². The second-order valence-corrected chi connectivity index (χ2v) is 10.1. The fourth-order valence-corrected chi connectivity index (χ4v) is 4.57. The fraction of sp³-hybridized carbons (Fsp3) is 0.600. The lowest BCUT2D eigenvalue weighted by Crippen LogP contribution is -2.53. The third-order valence-corrected chi connectivity index (χ3v) is 6.39. The molecule has 2 aliphatic heterocycles. The number of ether oxygens (including phenoxy) is 1. The molecule has 3 fully saturated rings. The second-order valence-electron chi connectivity index (χ2n) is 10.1. The molecule has 0 bridgehead atoms. The first-order chi connectivity index (χ1) is 14.5. The van der Waals surface area contributed by atoms with Crippen molar-refractivity contribution < 1.29 is 4.74 Å². The van der Waals surface area contributed by atoms with Crippen molar-refractivity contribution in [2.45, 2.75) is 65.5 Å². The summed E-state index contributed by atoms with van der Waals surface area (Å²) in [5.41, 5.74) is 6.07. The molecule has 5 nitrogen and oxygen atoms in total. The smallest absolute Gasteiger partial charge is 0.113 e. The number of rotatable bonds is 4. The van der Waals surface area contributed by atoms with Crippen LogP contribution in [-0.4, -0.2) is 40.8 Å². The maximum atomic E-state index is 5.87. The Morgan fingerprint density at radius 2 is 2.00 bits per heavy atom. The van der Waals surface area contributed by atoms with Gasteiger partial charge in [0.25, 0.3) is 0 Å². The second kappa shape index (κ2) is 7.74. The molecule has 0 spiro atoms. The first-order valence-electron chi connectivity index (χ1n) is 11.4. The number of hydrogen-bond acceptors (Lipinski definition) is 4. The molecule has 158 valence electrons. The summed E-state index contributed by atoms with van der Waals surface area (Å²) in [4.78, 5) is 2.46. The summed E-state index contributed by atoms with van der Waals surface area (Å²) >= 11 is 0. The molecule has 1 aromatic heterocycles. The molecule has 1 aliphatic carbocycles. The molecule has 2 saturated heterocycles. The summed E-state index contributed by atoms with van der Waals surface area (Å²) in [6, 6.07) is 4.53. The highest BCUT2D eigenvalue weighted by molar-refractivity contribution is 5.74. The number of anilines is 1. The molecule has 0 radical (unpaired) electrons. The fourth-order valence-electron chi connectivity index (χ4n) is 4.57. The van der Waals surface area contributed by atoms with Gasteiger partial charge in [-0.15, -0.1) is 5.10 Å². The molecular formula is C25H32N4O. The van der Waals surface area contributed by atoms with E-state index in [-0.39, 0.29) is 6.10 Å². The minimum absolute atomic E-state index is 0.256. The first-order valence-corrected chi connectivity index (χ1v) is 11.4. The van der Waals surface area contributed by atoms with E-state index in [1.165, 1.54) is 36.9 Å². The molecule has 0 N–H and O–H groups in total. The standard InChI is InChI=1S/C25H32N4O/c1-18-12-24(28-16-25(2,3)17-28)20(10-9-19-7-8-19)13-22(18)23-15-29(27-26-23)14-21-6-4-5-11-30-21/h12-13,15,19,21H,4-8,11,14,16-17H2,1-3H3/t21-/m1/s1. The van der Waals surface area contributed by atoms with E-state index in [9.17, 15) is 0 Å². The van der Waals surface area contributed by atoms with E-state index in [0.29, 0.717) is 11.3 Å². The van der Waals surface area contributed by atoms with Crippen molar-refractivity contribution in [2.24, 2.45) is 11.3 Å². The summed E-state index contributed by atoms with van der Waals surface area (Å²) in [6.07, 6.45) is 8.32. The van der Waals surface area contributed by atoms with Crippen LogP contribution in [0.4, 0.5) is 5.69 Å². The molecule has 0 unspecified atom stereocenters. The Labute approximate surface area is 179 Å². The number of hydrogen-bond donors (Lipinski definition) is 0. The minimum Gasteiger partial charge on any atom is -0.376 e. The van der Waals surface area contributed by atoms with E-state index >= 15 is 0 Å². The van der Waals surface area contributed by atoms with Gasteiger partial charge in [0.2, 0.25) is 0 Å². The van der Waals surface area contributed by atoms with Crippen molar-refractivity contribution in [1.82, 2.24) is 15.0 Å². The molecule has 1 aromatic carbocycles. The van der Waals surface area contributed by atoms with Gasteiger partial charge in [0.15, 0.2) is 0 Å². The lowest BCUT2D eigenvalue weighted by atomic mass is 9.83. The van der Waals surface area contributed by atoms with Crippen molar-refractivity contribution in [3.8, 4) is 23.1 Å². The maximum Gasteiger partial charge on any atom is 0.113 e. The molecular weight excluding hydrogens is 372 g/mol. The lowest BCUT2D eigenvalue weighted by Gasteiger charge is -2.48. The van der Waals surface area contributed by atoms with Gasteiger partial charge in [-0.2, -0.15) is 0 Å². The van der Waals surface area contributed by atoms with Crippen LogP contribution < -0.4 is 4.90 Å². The highest BCUT2D eigenvalue weighted by Gasteiger charge is 2.35. The molecule has 3 heterocycles. The van der Waals surface area contributed by atoms with Crippen molar-refractivity contribution in [3.63, 3.8) is 0 Å². The van der Waals surface area contributed by atoms with Crippen molar-refractivity contribution >= 4 is 5.69 Å². The lowest BCUT2D eigenvalue weighted by molar-refractivity contribution is 0.00370. The predicted molar refractivity (Wildman–Crippen MR) is 119 cm³/mol. The van der Waals surface area contributed by atoms with Crippen LogP contribution in [0.3, 0.4) is 0 Å². The number of aryl methyl sites for hydroxylation is 1. The third kappa shape index (κ3) is 4.25. The molecule has 5 heteroatoms. The van der Waals surface area contributed by atoms with Crippen LogP contribution in [0.25, 0.3) is 11.3 Å². The molecule has 0 amide bonds. The normalized spacial score (nSPS) is 22.9. The van der Waals surface area contributed by atoms with E-state index in [4.69, 9.17) is 4.74 Å².